The van der Waals surface area contributed by atoms with Crippen LogP contribution in [0.2, 0.25) is 0 Å². The molecule has 0 aliphatic carbocycles. The summed E-state index contributed by atoms with van der Waals surface area (Å²) in [4.78, 5) is 31.7. The van der Waals surface area contributed by atoms with Gasteiger partial charge in [-0.1, -0.05) is 37.3 Å². The average molecular weight is 345 g/mol. The number of rotatable bonds is 7. The lowest BCUT2D eigenvalue weighted by Gasteiger charge is -2.28. The van der Waals surface area contributed by atoms with E-state index in [1.165, 1.54) is 11.3 Å². The molecule has 0 aliphatic heterocycles. The molecule has 5 nitrogen and oxygen atoms in total. The van der Waals surface area contributed by atoms with Crippen molar-refractivity contribution in [1.29, 1.82) is 0 Å². The SMILES string of the molecule is CC[C@H](C)N(CC(=O)Nc1ncc(C)s1)C(=O)Cc1ccccc1. The van der Waals surface area contributed by atoms with Gasteiger partial charge in [0, 0.05) is 17.1 Å². The second-order valence-electron chi connectivity index (χ2n) is 5.77. The molecule has 1 aromatic carbocycles. The number of carbonyl (C=O) groups is 2. The Hall–Kier alpha value is -2.21. The first-order valence-corrected chi connectivity index (χ1v) is 8.87. The quantitative estimate of drug-likeness (QED) is 0.838. The zero-order valence-electron chi connectivity index (χ0n) is 14.3. The van der Waals surface area contributed by atoms with Crippen molar-refractivity contribution in [3.8, 4) is 0 Å². The summed E-state index contributed by atoms with van der Waals surface area (Å²) in [5, 5.41) is 3.33. The molecule has 1 heterocycles. The highest BCUT2D eigenvalue weighted by atomic mass is 32.1. The average Bonchev–Trinajstić information content (AvgIpc) is 2.97. The molecule has 0 unspecified atom stereocenters. The summed E-state index contributed by atoms with van der Waals surface area (Å²) in [6.45, 7) is 5.95. The number of aryl methyl sites for hydroxylation is 1. The standard InChI is InChI=1S/C18H23N3O2S/c1-4-13(2)21(17(23)10-15-8-6-5-7-9-15)12-16(22)20-18-19-11-14(3)24-18/h5-9,11,13H,4,10,12H2,1-3H3,(H,19,20,22)/t13-/m0/s1. The number of hydrogen-bond donors (Lipinski definition) is 1. The van der Waals surface area contributed by atoms with Gasteiger partial charge in [-0.3, -0.25) is 9.59 Å². The summed E-state index contributed by atoms with van der Waals surface area (Å²) < 4.78 is 0. The molecule has 6 heteroatoms. The highest BCUT2D eigenvalue weighted by Crippen LogP contribution is 2.17. The zero-order valence-corrected chi connectivity index (χ0v) is 15.1. The van der Waals surface area contributed by atoms with Crippen LogP contribution in [-0.2, 0) is 16.0 Å². The number of anilines is 1. The topological polar surface area (TPSA) is 62.3 Å². The van der Waals surface area contributed by atoms with E-state index >= 15 is 0 Å². The van der Waals surface area contributed by atoms with Crippen LogP contribution in [0.5, 0.6) is 0 Å². The monoisotopic (exact) mass is 345 g/mol. The minimum atomic E-state index is -0.217. The van der Waals surface area contributed by atoms with Crippen molar-refractivity contribution in [2.75, 3.05) is 11.9 Å². The lowest BCUT2D eigenvalue weighted by Crippen LogP contribution is -2.44. The van der Waals surface area contributed by atoms with Gasteiger partial charge >= 0.3 is 0 Å². The molecule has 2 rings (SSSR count). The van der Waals surface area contributed by atoms with Gasteiger partial charge in [-0.05, 0) is 25.8 Å². The number of thiazole rings is 1. The maximum Gasteiger partial charge on any atom is 0.245 e. The molecule has 0 spiro atoms. The number of nitrogens with one attached hydrogen (secondary N) is 1. The Morgan fingerprint density at radius 3 is 2.58 bits per heavy atom. The maximum absolute atomic E-state index is 12.6. The van der Waals surface area contributed by atoms with Crippen LogP contribution in [0.3, 0.4) is 0 Å². The largest absolute Gasteiger partial charge is 0.330 e. The van der Waals surface area contributed by atoms with Gasteiger partial charge in [0.15, 0.2) is 5.13 Å². The first kappa shape index (κ1) is 18.1. The molecule has 2 amide bonds. The number of carbonyl (C=O) groups excluding carboxylic acids is 2. The van der Waals surface area contributed by atoms with Crippen LogP contribution in [0.15, 0.2) is 36.5 Å². The van der Waals surface area contributed by atoms with E-state index in [1.807, 2.05) is 51.1 Å². The highest BCUT2D eigenvalue weighted by Gasteiger charge is 2.22. The summed E-state index contributed by atoms with van der Waals surface area (Å²) in [7, 11) is 0. The molecular weight excluding hydrogens is 322 g/mol. The fraction of sp³-hybridized carbons (Fsp3) is 0.389. The summed E-state index contributed by atoms with van der Waals surface area (Å²) >= 11 is 1.42. The molecule has 0 saturated heterocycles. The Kier molecular flexibility index (Phi) is 6.49. The number of hydrogen-bond acceptors (Lipinski definition) is 4. The predicted octanol–water partition coefficient (Wildman–Crippen LogP) is 3.26. The van der Waals surface area contributed by atoms with E-state index < -0.39 is 0 Å². The summed E-state index contributed by atoms with van der Waals surface area (Å²) in [6, 6.07) is 9.59. The van der Waals surface area contributed by atoms with Crippen LogP contribution in [0, 0.1) is 6.92 Å². The van der Waals surface area contributed by atoms with Crippen LogP contribution in [0.25, 0.3) is 0 Å². The minimum Gasteiger partial charge on any atom is -0.330 e. The van der Waals surface area contributed by atoms with Gasteiger partial charge in [0.2, 0.25) is 11.8 Å². The van der Waals surface area contributed by atoms with E-state index in [2.05, 4.69) is 10.3 Å². The van der Waals surface area contributed by atoms with Crippen molar-refractivity contribution in [3.63, 3.8) is 0 Å². The van der Waals surface area contributed by atoms with Gasteiger partial charge in [0.25, 0.3) is 0 Å². The van der Waals surface area contributed by atoms with E-state index in [9.17, 15) is 9.59 Å². The lowest BCUT2D eigenvalue weighted by molar-refractivity contribution is -0.136. The molecule has 0 saturated carbocycles. The van der Waals surface area contributed by atoms with E-state index in [0.29, 0.717) is 11.6 Å². The molecule has 0 radical (unpaired) electrons. The Bertz CT molecular complexity index is 685. The highest BCUT2D eigenvalue weighted by molar-refractivity contribution is 7.15. The van der Waals surface area contributed by atoms with Crippen LogP contribution in [-0.4, -0.2) is 34.3 Å². The van der Waals surface area contributed by atoms with Crippen molar-refractivity contribution in [1.82, 2.24) is 9.88 Å². The van der Waals surface area contributed by atoms with Crippen LogP contribution >= 0.6 is 11.3 Å². The van der Waals surface area contributed by atoms with Crippen molar-refractivity contribution in [3.05, 3.63) is 47.0 Å². The first-order chi connectivity index (χ1) is 11.5. The van der Waals surface area contributed by atoms with Crippen molar-refractivity contribution < 1.29 is 9.59 Å². The fourth-order valence-electron chi connectivity index (χ4n) is 2.31. The van der Waals surface area contributed by atoms with Crippen molar-refractivity contribution in [2.24, 2.45) is 0 Å². The summed E-state index contributed by atoms with van der Waals surface area (Å²) in [5.74, 6) is -0.257. The van der Waals surface area contributed by atoms with Gasteiger partial charge in [0.1, 0.15) is 6.54 Å². The Morgan fingerprint density at radius 1 is 1.29 bits per heavy atom. The Balaban J connectivity index is 2.01. The molecule has 0 aliphatic rings. The molecule has 128 valence electrons. The maximum atomic E-state index is 12.6. The van der Waals surface area contributed by atoms with Crippen LogP contribution < -0.4 is 5.32 Å². The number of amides is 2. The van der Waals surface area contributed by atoms with Crippen molar-refractivity contribution >= 4 is 28.3 Å². The number of benzene rings is 1. The summed E-state index contributed by atoms with van der Waals surface area (Å²) in [5.41, 5.74) is 0.951. The predicted molar refractivity (Wildman–Crippen MR) is 97.1 cm³/mol. The number of nitrogens with zero attached hydrogens (tertiary/aromatic N) is 2. The van der Waals surface area contributed by atoms with Gasteiger partial charge < -0.3 is 10.2 Å². The number of aromatic nitrogens is 1. The van der Waals surface area contributed by atoms with Gasteiger partial charge in [0.05, 0.1) is 6.42 Å². The van der Waals surface area contributed by atoms with Gasteiger partial charge in [-0.15, -0.1) is 11.3 Å². The Labute approximate surface area is 146 Å². The molecule has 1 aromatic heterocycles. The molecular formula is C18H23N3O2S. The third kappa shape index (κ3) is 5.16. The van der Waals surface area contributed by atoms with Crippen molar-refractivity contribution in [2.45, 2.75) is 39.7 Å². The molecule has 24 heavy (non-hydrogen) atoms. The second kappa shape index (κ2) is 8.59. The molecule has 0 fully saturated rings. The minimum absolute atomic E-state index is 0.00462. The second-order valence-corrected chi connectivity index (χ2v) is 7.00. The summed E-state index contributed by atoms with van der Waals surface area (Å²) in [6.07, 6.45) is 2.81. The van der Waals surface area contributed by atoms with Gasteiger partial charge in [-0.2, -0.15) is 0 Å². The third-order valence-corrected chi connectivity index (χ3v) is 4.65. The molecule has 2 aromatic rings. The van der Waals surface area contributed by atoms with E-state index in [4.69, 9.17) is 0 Å². The zero-order chi connectivity index (χ0) is 17.5. The van der Waals surface area contributed by atoms with E-state index in [-0.39, 0.29) is 24.4 Å². The first-order valence-electron chi connectivity index (χ1n) is 8.05. The van der Waals surface area contributed by atoms with Crippen LogP contribution in [0.4, 0.5) is 5.13 Å². The van der Waals surface area contributed by atoms with Crippen LogP contribution in [0.1, 0.15) is 30.7 Å². The normalized spacial score (nSPS) is 11.8. The smallest absolute Gasteiger partial charge is 0.245 e. The fourth-order valence-corrected chi connectivity index (χ4v) is 2.99. The van der Waals surface area contributed by atoms with E-state index in [0.717, 1.165) is 16.9 Å². The third-order valence-electron chi connectivity index (χ3n) is 3.82. The lowest BCUT2D eigenvalue weighted by atomic mass is 10.1. The molecule has 1 N–H and O–H groups in total. The molecule has 1 atom stereocenters. The Morgan fingerprint density at radius 2 is 2.00 bits per heavy atom. The molecule has 0 bridgehead atoms. The van der Waals surface area contributed by atoms with E-state index in [1.54, 1.807) is 11.1 Å². The van der Waals surface area contributed by atoms with Gasteiger partial charge in [-0.25, -0.2) is 4.98 Å².